The molecule has 3 aromatic carbocycles. The van der Waals surface area contributed by atoms with Gasteiger partial charge in [-0.1, -0.05) is 40.9 Å². The number of fused-ring (bicyclic) bond motifs is 1. The molecule has 11 heteroatoms. The number of carbonyl (C=O) groups is 1. The summed E-state index contributed by atoms with van der Waals surface area (Å²) in [7, 11) is 0. The first kappa shape index (κ1) is 25.2. The summed E-state index contributed by atoms with van der Waals surface area (Å²) in [5.74, 6) is -0.345. The summed E-state index contributed by atoms with van der Waals surface area (Å²) in [5, 5.41) is 3.82. The third kappa shape index (κ3) is 5.06. The largest absolute Gasteiger partial charge is 0.339 e. The van der Waals surface area contributed by atoms with Gasteiger partial charge in [0.05, 0.1) is 21.6 Å². The first-order chi connectivity index (χ1) is 17.7. The molecule has 188 valence electrons. The molecule has 3 N–H and O–H groups in total. The number of imidazole rings is 1. The second-order valence-corrected chi connectivity index (χ2v) is 9.49. The molecule has 2 heterocycles. The van der Waals surface area contributed by atoms with Crippen molar-refractivity contribution in [1.82, 2.24) is 14.5 Å². The summed E-state index contributed by atoms with van der Waals surface area (Å²) in [4.78, 5) is 19.3. The number of nitrogens with one attached hydrogen (secondary N) is 1. The molecule has 0 bridgehead atoms. The standard InChI is InChI=1S/C26H18Cl3F2N5O/c27-18-7-3-15(11-20(18)29)23(32)26(37)35-9-10-36-22(13-35)34-24(14-1-4-16(30)5-2-14)25(36)33-17-6-8-19(28)21(31)12-17/h1-12,23,33H,13,32H2. The number of hydrogen-bond acceptors (Lipinski definition) is 4. The van der Waals surface area contributed by atoms with Crippen molar-refractivity contribution in [3.05, 3.63) is 105 Å². The Labute approximate surface area is 225 Å². The van der Waals surface area contributed by atoms with Crippen LogP contribution in [0.5, 0.6) is 0 Å². The highest BCUT2D eigenvalue weighted by molar-refractivity contribution is 6.42. The molecule has 1 unspecified atom stereocenters. The second-order valence-electron chi connectivity index (χ2n) is 8.27. The van der Waals surface area contributed by atoms with Gasteiger partial charge in [0.1, 0.15) is 35.0 Å². The number of amides is 1. The normalized spacial score (nSPS) is 13.4. The molecule has 1 amide bonds. The smallest absolute Gasteiger partial charge is 0.248 e. The Kier molecular flexibility index (Phi) is 6.92. The van der Waals surface area contributed by atoms with E-state index in [9.17, 15) is 13.6 Å². The maximum Gasteiger partial charge on any atom is 0.248 e. The number of nitrogens with zero attached hydrogens (tertiary/aromatic N) is 3. The van der Waals surface area contributed by atoms with Crippen LogP contribution in [-0.4, -0.2) is 20.4 Å². The lowest BCUT2D eigenvalue weighted by Crippen LogP contribution is -2.36. The van der Waals surface area contributed by atoms with Crippen molar-refractivity contribution >= 4 is 58.4 Å². The summed E-state index contributed by atoms with van der Waals surface area (Å²) < 4.78 is 29.4. The lowest BCUT2D eigenvalue weighted by atomic mass is 10.1. The quantitative estimate of drug-likeness (QED) is 0.275. The minimum atomic E-state index is -0.980. The van der Waals surface area contributed by atoms with E-state index in [1.54, 1.807) is 53.4 Å². The van der Waals surface area contributed by atoms with Crippen molar-refractivity contribution in [2.45, 2.75) is 12.6 Å². The van der Waals surface area contributed by atoms with Gasteiger partial charge in [-0.3, -0.25) is 9.36 Å². The molecule has 0 fully saturated rings. The van der Waals surface area contributed by atoms with Crippen LogP contribution in [0.3, 0.4) is 0 Å². The Morgan fingerprint density at radius 2 is 1.68 bits per heavy atom. The molecular weight excluding hydrogens is 543 g/mol. The van der Waals surface area contributed by atoms with Gasteiger partial charge < -0.3 is 16.0 Å². The Balaban J connectivity index is 1.49. The number of halogens is 5. The van der Waals surface area contributed by atoms with E-state index in [4.69, 9.17) is 45.5 Å². The number of anilines is 2. The van der Waals surface area contributed by atoms with Crippen molar-refractivity contribution in [1.29, 1.82) is 0 Å². The van der Waals surface area contributed by atoms with Gasteiger partial charge in [-0.2, -0.15) is 0 Å². The number of benzene rings is 3. The zero-order valence-electron chi connectivity index (χ0n) is 18.9. The molecule has 0 aliphatic carbocycles. The van der Waals surface area contributed by atoms with Crippen LogP contribution in [-0.2, 0) is 11.3 Å². The number of carbonyl (C=O) groups excluding carboxylic acids is 1. The maximum atomic E-state index is 14.1. The number of aromatic nitrogens is 2. The number of rotatable bonds is 5. The fraction of sp³-hybridized carbons (Fsp3) is 0.0769. The Morgan fingerprint density at radius 1 is 0.946 bits per heavy atom. The van der Waals surface area contributed by atoms with E-state index in [2.05, 4.69) is 5.32 Å². The predicted molar refractivity (Wildman–Crippen MR) is 142 cm³/mol. The van der Waals surface area contributed by atoms with E-state index in [-0.39, 0.29) is 17.5 Å². The molecule has 0 saturated heterocycles. The number of hydrogen-bond donors (Lipinski definition) is 2. The molecule has 1 aliphatic heterocycles. The third-order valence-corrected chi connectivity index (χ3v) is 6.89. The van der Waals surface area contributed by atoms with Crippen LogP contribution in [0.15, 0.2) is 66.9 Å². The van der Waals surface area contributed by atoms with Crippen molar-refractivity contribution in [2.75, 3.05) is 5.32 Å². The van der Waals surface area contributed by atoms with Crippen LogP contribution in [0.1, 0.15) is 17.4 Å². The van der Waals surface area contributed by atoms with Crippen LogP contribution in [0.25, 0.3) is 17.5 Å². The summed E-state index contributed by atoms with van der Waals surface area (Å²) in [6, 6.07) is 13.9. The number of nitrogens with two attached hydrogens (primary N) is 1. The van der Waals surface area contributed by atoms with Crippen molar-refractivity contribution in [2.24, 2.45) is 5.73 Å². The van der Waals surface area contributed by atoms with E-state index in [1.165, 1.54) is 29.2 Å². The van der Waals surface area contributed by atoms with E-state index in [0.717, 1.165) is 0 Å². The first-order valence-electron chi connectivity index (χ1n) is 11.0. The highest BCUT2D eigenvalue weighted by Gasteiger charge is 2.28. The minimum absolute atomic E-state index is 0.00742. The molecule has 4 aromatic rings. The molecule has 0 spiro atoms. The minimum Gasteiger partial charge on any atom is -0.339 e. The van der Waals surface area contributed by atoms with Gasteiger partial charge in [0.2, 0.25) is 5.91 Å². The van der Waals surface area contributed by atoms with Gasteiger partial charge in [0, 0.05) is 23.7 Å². The molecule has 0 radical (unpaired) electrons. The molecule has 37 heavy (non-hydrogen) atoms. The van der Waals surface area contributed by atoms with E-state index < -0.39 is 17.7 Å². The molecular formula is C26H18Cl3F2N5O. The summed E-state index contributed by atoms with van der Waals surface area (Å²) >= 11 is 17.9. The van der Waals surface area contributed by atoms with Gasteiger partial charge in [-0.15, -0.1) is 0 Å². The fourth-order valence-corrected chi connectivity index (χ4v) is 4.34. The van der Waals surface area contributed by atoms with Crippen LogP contribution in [0.2, 0.25) is 15.1 Å². The van der Waals surface area contributed by atoms with Crippen LogP contribution < -0.4 is 11.1 Å². The van der Waals surface area contributed by atoms with Crippen LogP contribution in [0.4, 0.5) is 20.3 Å². The second kappa shape index (κ2) is 10.1. The van der Waals surface area contributed by atoms with E-state index in [0.29, 0.717) is 44.2 Å². The lowest BCUT2D eigenvalue weighted by molar-refractivity contribution is -0.130. The first-order valence-corrected chi connectivity index (χ1v) is 12.1. The van der Waals surface area contributed by atoms with Gasteiger partial charge in [-0.25, -0.2) is 13.8 Å². The monoisotopic (exact) mass is 559 g/mol. The van der Waals surface area contributed by atoms with Crippen LogP contribution >= 0.6 is 34.8 Å². The van der Waals surface area contributed by atoms with E-state index in [1.807, 2.05) is 0 Å². The molecule has 1 atom stereocenters. The summed E-state index contributed by atoms with van der Waals surface area (Å²) in [6.07, 6.45) is 3.23. The zero-order valence-corrected chi connectivity index (χ0v) is 21.2. The molecule has 1 aromatic heterocycles. The van der Waals surface area contributed by atoms with Crippen LogP contribution in [0, 0.1) is 11.6 Å². The Morgan fingerprint density at radius 3 is 2.38 bits per heavy atom. The molecule has 5 rings (SSSR count). The van der Waals surface area contributed by atoms with Crippen molar-refractivity contribution < 1.29 is 13.6 Å². The Bertz CT molecular complexity index is 1540. The van der Waals surface area contributed by atoms with Gasteiger partial charge >= 0.3 is 0 Å². The SMILES string of the molecule is NC(C(=O)N1C=Cn2c(nc(-c3ccc(F)cc3)c2Nc2ccc(Cl)c(F)c2)C1)c1ccc(Cl)c(Cl)c1. The highest BCUT2D eigenvalue weighted by Crippen LogP contribution is 2.35. The van der Waals surface area contributed by atoms with Crippen molar-refractivity contribution in [3.8, 4) is 11.3 Å². The summed E-state index contributed by atoms with van der Waals surface area (Å²) in [5.41, 5.74) is 8.28. The van der Waals surface area contributed by atoms with Gasteiger partial charge in [-0.05, 0) is 60.2 Å². The lowest BCUT2D eigenvalue weighted by Gasteiger charge is -2.25. The average molecular weight is 561 g/mol. The molecule has 1 aliphatic rings. The predicted octanol–water partition coefficient (Wildman–Crippen LogP) is 7.00. The Hall–Kier alpha value is -3.43. The molecule has 6 nitrogen and oxygen atoms in total. The van der Waals surface area contributed by atoms with Crippen molar-refractivity contribution in [3.63, 3.8) is 0 Å². The zero-order chi connectivity index (χ0) is 26.3. The highest BCUT2D eigenvalue weighted by atomic mass is 35.5. The summed E-state index contributed by atoms with van der Waals surface area (Å²) in [6.45, 7) is 0.106. The third-order valence-electron chi connectivity index (χ3n) is 5.84. The fourth-order valence-electron chi connectivity index (χ4n) is 3.92. The topological polar surface area (TPSA) is 76.2 Å². The maximum absolute atomic E-state index is 14.1. The molecule has 0 saturated carbocycles. The van der Waals surface area contributed by atoms with Gasteiger partial charge in [0.25, 0.3) is 0 Å². The van der Waals surface area contributed by atoms with E-state index >= 15 is 0 Å². The average Bonchev–Trinajstić information content (AvgIpc) is 3.24. The van der Waals surface area contributed by atoms with Gasteiger partial charge in [0.15, 0.2) is 0 Å².